The van der Waals surface area contributed by atoms with Crippen LogP contribution in [0.25, 0.3) is 5.65 Å². The Balaban J connectivity index is 1.80. The first-order valence-electron chi connectivity index (χ1n) is 7.50. The second-order valence-electron chi connectivity index (χ2n) is 5.39. The second-order valence-corrected chi connectivity index (χ2v) is 5.39. The van der Waals surface area contributed by atoms with E-state index in [4.69, 9.17) is 4.74 Å². The molecule has 3 aromatic heterocycles. The van der Waals surface area contributed by atoms with Crippen LogP contribution < -0.4 is 5.32 Å². The molecule has 0 bridgehead atoms. The average Bonchev–Trinajstić information content (AvgIpc) is 3.16. The summed E-state index contributed by atoms with van der Waals surface area (Å²) in [5, 5.41) is 24.0. The van der Waals surface area contributed by atoms with Gasteiger partial charge in [-0.15, -0.1) is 20.4 Å². The predicted molar refractivity (Wildman–Crippen MR) is 84.1 cm³/mol. The maximum atomic E-state index is 5.09. The average molecular weight is 316 g/mol. The quantitative estimate of drug-likeness (QED) is 0.655. The number of hydrogen-bond acceptors (Lipinski definition) is 7. The monoisotopic (exact) mass is 316 g/mol. The van der Waals surface area contributed by atoms with E-state index in [1.165, 1.54) is 0 Å². The molecule has 0 spiro atoms. The van der Waals surface area contributed by atoms with Gasteiger partial charge >= 0.3 is 0 Å². The van der Waals surface area contributed by atoms with Crippen molar-refractivity contribution in [3.05, 3.63) is 30.2 Å². The number of aromatic nitrogens is 7. The molecule has 3 rings (SSSR count). The van der Waals surface area contributed by atoms with Gasteiger partial charge in [-0.25, -0.2) is 0 Å². The van der Waals surface area contributed by atoms with E-state index in [0.717, 1.165) is 30.2 Å². The number of hydrogen-bond donors (Lipinski definition) is 1. The molecule has 1 N–H and O–H groups in total. The number of rotatable bonds is 7. The molecule has 0 saturated carbocycles. The Morgan fingerprint density at radius 2 is 2.09 bits per heavy atom. The molecule has 0 aliphatic rings. The highest BCUT2D eigenvalue weighted by Crippen LogP contribution is 2.21. The van der Waals surface area contributed by atoms with Gasteiger partial charge in [0.15, 0.2) is 5.82 Å². The molecule has 1 atom stereocenters. The first-order valence-corrected chi connectivity index (χ1v) is 7.50. The summed E-state index contributed by atoms with van der Waals surface area (Å²) in [7, 11) is 1.70. The minimum atomic E-state index is -0.0256. The number of aryl methyl sites for hydroxylation is 2. The predicted octanol–water partition coefficient (Wildman–Crippen LogP) is 1.23. The van der Waals surface area contributed by atoms with Crippen molar-refractivity contribution in [3.8, 4) is 0 Å². The fourth-order valence-electron chi connectivity index (χ4n) is 2.51. The Morgan fingerprint density at radius 1 is 1.26 bits per heavy atom. The molecule has 0 fully saturated rings. The molecule has 0 amide bonds. The lowest BCUT2D eigenvalue weighted by Crippen LogP contribution is -2.15. The van der Waals surface area contributed by atoms with Crippen molar-refractivity contribution in [2.24, 2.45) is 0 Å². The van der Waals surface area contributed by atoms with Crippen molar-refractivity contribution in [2.75, 3.05) is 19.0 Å². The molecular formula is C14H20N8O. The van der Waals surface area contributed by atoms with Crippen molar-refractivity contribution in [3.63, 3.8) is 0 Å². The molecule has 0 aliphatic heterocycles. The standard InChI is InChI=1S/C14H20N8O/c1-10-7-12(14-19-16-9-22(14)20-10)17-11(2)13-18-15-8-21(13)5-4-6-23-3/h7-9,11,17H,4-6H2,1-3H3. The van der Waals surface area contributed by atoms with Crippen molar-refractivity contribution in [1.82, 2.24) is 34.6 Å². The summed E-state index contributed by atoms with van der Waals surface area (Å²) < 4.78 is 8.79. The van der Waals surface area contributed by atoms with Crippen LogP contribution in [0.2, 0.25) is 0 Å². The highest BCUT2D eigenvalue weighted by Gasteiger charge is 2.15. The van der Waals surface area contributed by atoms with Gasteiger partial charge in [-0.05, 0) is 26.3 Å². The molecule has 122 valence electrons. The largest absolute Gasteiger partial charge is 0.385 e. The lowest BCUT2D eigenvalue weighted by atomic mass is 10.2. The Morgan fingerprint density at radius 3 is 2.91 bits per heavy atom. The summed E-state index contributed by atoms with van der Waals surface area (Å²) in [5.41, 5.74) is 2.44. The van der Waals surface area contributed by atoms with Crippen LogP contribution in [0.3, 0.4) is 0 Å². The van der Waals surface area contributed by atoms with Crippen LogP contribution in [0.5, 0.6) is 0 Å². The lowest BCUT2D eigenvalue weighted by Gasteiger charge is -2.16. The highest BCUT2D eigenvalue weighted by atomic mass is 16.5. The first-order chi connectivity index (χ1) is 11.2. The molecule has 3 aromatic rings. The summed E-state index contributed by atoms with van der Waals surface area (Å²) in [5.74, 6) is 0.869. The summed E-state index contributed by atoms with van der Waals surface area (Å²) in [6, 6.07) is 1.92. The minimum absolute atomic E-state index is 0.0256. The lowest BCUT2D eigenvalue weighted by molar-refractivity contribution is 0.190. The van der Waals surface area contributed by atoms with Crippen molar-refractivity contribution < 1.29 is 4.74 Å². The summed E-state index contributed by atoms with van der Waals surface area (Å²) in [6.07, 6.45) is 4.25. The third-order valence-corrected chi connectivity index (χ3v) is 3.54. The molecule has 0 aliphatic carbocycles. The van der Waals surface area contributed by atoms with Gasteiger partial charge in [-0.2, -0.15) is 9.61 Å². The Kier molecular flexibility index (Phi) is 4.47. The van der Waals surface area contributed by atoms with E-state index in [1.54, 1.807) is 24.3 Å². The fourth-order valence-corrected chi connectivity index (χ4v) is 2.51. The van der Waals surface area contributed by atoms with Crippen molar-refractivity contribution in [1.29, 1.82) is 0 Å². The molecule has 0 aromatic carbocycles. The molecule has 9 heteroatoms. The molecule has 0 radical (unpaired) electrons. The van der Waals surface area contributed by atoms with Crippen LogP contribution in [0.1, 0.15) is 30.9 Å². The van der Waals surface area contributed by atoms with Crippen LogP contribution in [-0.4, -0.2) is 48.3 Å². The number of anilines is 1. The van der Waals surface area contributed by atoms with E-state index in [-0.39, 0.29) is 6.04 Å². The van der Waals surface area contributed by atoms with Gasteiger partial charge in [0.05, 0.1) is 17.4 Å². The number of nitrogens with one attached hydrogen (secondary N) is 1. The smallest absolute Gasteiger partial charge is 0.200 e. The zero-order valence-corrected chi connectivity index (χ0v) is 13.5. The maximum absolute atomic E-state index is 5.09. The van der Waals surface area contributed by atoms with E-state index in [1.807, 2.05) is 24.5 Å². The summed E-state index contributed by atoms with van der Waals surface area (Å²) >= 11 is 0. The Labute approximate surface area is 133 Å². The second kappa shape index (κ2) is 6.69. The molecule has 9 nitrogen and oxygen atoms in total. The van der Waals surface area contributed by atoms with Crippen LogP contribution in [0.4, 0.5) is 5.69 Å². The maximum Gasteiger partial charge on any atom is 0.200 e. The Bertz CT molecular complexity index is 780. The number of methoxy groups -OCH3 is 1. The highest BCUT2D eigenvalue weighted by molar-refractivity contribution is 5.67. The van der Waals surface area contributed by atoms with Gasteiger partial charge < -0.3 is 14.6 Å². The third-order valence-electron chi connectivity index (χ3n) is 3.54. The molecule has 23 heavy (non-hydrogen) atoms. The van der Waals surface area contributed by atoms with Gasteiger partial charge in [0.1, 0.15) is 12.7 Å². The van der Waals surface area contributed by atoms with Gasteiger partial charge in [0, 0.05) is 20.3 Å². The minimum Gasteiger partial charge on any atom is -0.385 e. The SMILES string of the molecule is COCCCn1cnnc1C(C)Nc1cc(C)nn2cnnc12. The molecular weight excluding hydrogens is 296 g/mol. The first kappa shape index (κ1) is 15.3. The normalized spacial score (nSPS) is 12.7. The van der Waals surface area contributed by atoms with Crippen LogP contribution >= 0.6 is 0 Å². The van der Waals surface area contributed by atoms with Gasteiger partial charge in [-0.3, -0.25) is 0 Å². The number of nitrogens with zero attached hydrogens (tertiary/aromatic N) is 7. The topological polar surface area (TPSA) is 95.0 Å². The third kappa shape index (κ3) is 3.29. The summed E-state index contributed by atoms with van der Waals surface area (Å²) in [6.45, 7) is 5.50. The van der Waals surface area contributed by atoms with Crippen molar-refractivity contribution >= 4 is 11.3 Å². The van der Waals surface area contributed by atoms with Gasteiger partial charge in [0.25, 0.3) is 0 Å². The van der Waals surface area contributed by atoms with Crippen LogP contribution in [0, 0.1) is 6.92 Å². The van der Waals surface area contributed by atoms with Gasteiger partial charge in [-0.1, -0.05) is 0 Å². The van der Waals surface area contributed by atoms with E-state index in [2.05, 4.69) is 30.8 Å². The number of fused-ring (bicyclic) bond motifs is 1. The molecule has 0 saturated heterocycles. The summed E-state index contributed by atoms with van der Waals surface area (Å²) in [4.78, 5) is 0. The van der Waals surface area contributed by atoms with Crippen molar-refractivity contribution in [2.45, 2.75) is 32.9 Å². The molecule has 1 unspecified atom stereocenters. The fraction of sp³-hybridized carbons (Fsp3) is 0.500. The van der Waals surface area contributed by atoms with E-state index >= 15 is 0 Å². The van der Waals surface area contributed by atoms with Gasteiger partial charge in [0.2, 0.25) is 5.65 Å². The van der Waals surface area contributed by atoms with E-state index < -0.39 is 0 Å². The zero-order chi connectivity index (χ0) is 16.2. The number of ether oxygens (including phenoxy) is 1. The van der Waals surface area contributed by atoms with Crippen LogP contribution in [-0.2, 0) is 11.3 Å². The van der Waals surface area contributed by atoms with E-state index in [9.17, 15) is 0 Å². The van der Waals surface area contributed by atoms with E-state index in [0.29, 0.717) is 12.3 Å². The molecule has 3 heterocycles. The Hall–Kier alpha value is -2.55. The van der Waals surface area contributed by atoms with Crippen LogP contribution in [0.15, 0.2) is 18.7 Å². The zero-order valence-electron chi connectivity index (χ0n) is 13.5.